The van der Waals surface area contributed by atoms with E-state index in [2.05, 4.69) is 15.9 Å². The summed E-state index contributed by atoms with van der Waals surface area (Å²) >= 11 is 3.26. The first-order chi connectivity index (χ1) is 13.6. The zero-order chi connectivity index (χ0) is 21.3. The fourth-order valence-corrected chi connectivity index (χ4v) is 3.87. The van der Waals surface area contributed by atoms with Crippen molar-refractivity contribution in [3.05, 3.63) is 75.8 Å². The molecule has 0 N–H and O–H groups in total. The van der Waals surface area contributed by atoms with E-state index >= 15 is 0 Å². The smallest absolute Gasteiger partial charge is 0.377 e. The summed E-state index contributed by atoms with van der Waals surface area (Å²) in [5, 5.41) is 1.42. The zero-order valence-corrected chi connectivity index (χ0v) is 17.7. The van der Waals surface area contributed by atoms with E-state index in [-0.39, 0.29) is 16.7 Å². The van der Waals surface area contributed by atoms with Crippen LogP contribution in [0, 0.1) is 6.92 Å². The lowest BCUT2D eigenvalue weighted by Gasteiger charge is -2.23. The Balaban J connectivity index is 2.47. The molecule has 0 saturated heterocycles. The second kappa shape index (κ2) is 8.03. The average Bonchev–Trinajstić information content (AvgIpc) is 2.64. The van der Waals surface area contributed by atoms with Crippen molar-refractivity contribution in [1.82, 2.24) is 0 Å². The monoisotopic (exact) mass is 461 g/mol. The summed E-state index contributed by atoms with van der Waals surface area (Å²) in [5.74, 6) is 0. The third-order valence-electron chi connectivity index (χ3n) is 4.81. The number of benzene rings is 3. The molecule has 0 atom stereocenters. The molecular formula is C23H19BrF3NO. The van der Waals surface area contributed by atoms with E-state index in [4.69, 9.17) is 0 Å². The summed E-state index contributed by atoms with van der Waals surface area (Å²) in [6.45, 7) is 1.89. The molecule has 150 valence electrons. The van der Waals surface area contributed by atoms with Crippen molar-refractivity contribution in [3.8, 4) is 0 Å². The van der Waals surface area contributed by atoms with Gasteiger partial charge in [0.2, 0.25) is 0 Å². The van der Waals surface area contributed by atoms with Crippen LogP contribution in [0.25, 0.3) is 21.9 Å². The van der Waals surface area contributed by atoms with E-state index in [1.807, 2.05) is 19.1 Å². The summed E-state index contributed by atoms with van der Waals surface area (Å²) in [7, 11) is 3.34. The van der Waals surface area contributed by atoms with Crippen LogP contribution in [0.15, 0.2) is 59.1 Å². The zero-order valence-electron chi connectivity index (χ0n) is 16.1. The van der Waals surface area contributed by atoms with Crippen LogP contribution < -0.4 is 4.90 Å². The third kappa shape index (κ3) is 4.08. The van der Waals surface area contributed by atoms with Gasteiger partial charge in [0.15, 0.2) is 6.29 Å². The van der Waals surface area contributed by atoms with Gasteiger partial charge in [-0.3, -0.25) is 4.79 Å². The molecule has 0 aliphatic carbocycles. The SMILES string of the molecule is Cc1cccc2c(/C(C=O)=C(/c3cc(Br)ccc3N(C)C)C(F)(F)F)cccc12. The Kier molecular flexibility index (Phi) is 5.85. The van der Waals surface area contributed by atoms with Gasteiger partial charge in [-0.1, -0.05) is 52.3 Å². The number of carbonyl (C=O) groups is 1. The second-order valence-corrected chi connectivity index (χ2v) is 7.85. The predicted octanol–water partition coefficient (Wildman–Crippen LogP) is 6.65. The molecule has 0 spiro atoms. The van der Waals surface area contributed by atoms with Crippen molar-refractivity contribution in [3.63, 3.8) is 0 Å². The third-order valence-corrected chi connectivity index (χ3v) is 5.30. The quantitative estimate of drug-likeness (QED) is 0.246. The van der Waals surface area contributed by atoms with Crippen LogP contribution in [0.4, 0.5) is 18.9 Å². The number of nitrogens with zero attached hydrogens (tertiary/aromatic N) is 1. The molecule has 0 bridgehead atoms. The van der Waals surface area contributed by atoms with Crippen molar-refractivity contribution in [2.75, 3.05) is 19.0 Å². The number of anilines is 1. The lowest BCUT2D eigenvalue weighted by Crippen LogP contribution is -2.18. The van der Waals surface area contributed by atoms with Gasteiger partial charge in [-0.2, -0.15) is 13.2 Å². The van der Waals surface area contributed by atoms with Crippen LogP contribution in [-0.2, 0) is 4.79 Å². The lowest BCUT2D eigenvalue weighted by molar-refractivity contribution is -0.103. The minimum atomic E-state index is -4.73. The molecular weight excluding hydrogens is 443 g/mol. The fourth-order valence-electron chi connectivity index (χ4n) is 3.51. The average molecular weight is 462 g/mol. The van der Waals surface area contributed by atoms with Crippen LogP contribution in [0.3, 0.4) is 0 Å². The molecule has 2 nitrogen and oxygen atoms in total. The number of alkyl halides is 3. The molecule has 0 fully saturated rings. The van der Waals surface area contributed by atoms with E-state index in [9.17, 15) is 18.0 Å². The fraction of sp³-hybridized carbons (Fsp3) is 0.174. The molecule has 0 aliphatic rings. The van der Waals surface area contributed by atoms with Gasteiger partial charge in [0.1, 0.15) is 0 Å². The van der Waals surface area contributed by atoms with Gasteiger partial charge >= 0.3 is 6.18 Å². The van der Waals surface area contributed by atoms with E-state index in [1.54, 1.807) is 55.4 Å². The maximum Gasteiger partial charge on any atom is 0.417 e. The number of hydrogen-bond donors (Lipinski definition) is 0. The molecule has 0 radical (unpaired) electrons. The highest BCUT2D eigenvalue weighted by Gasteiger charge is 2.39. The Morgan fingerprint density at radius 3 is 2.24 bits per heavy atom. The number of hydrogen-bond acceptors (Lipinski definition) is 2. The molecule has 0 unspecified atom stereocenters. The first kappa shape index (κ1) is 21.1. The van der Waals surface area contributed by atoms with Crippen LogP contribution in [0.1, 0.15) is 16.7 Å². The summed E-state index contributed by atoms with van der Waals surface area (Å²) in [6, 6.07) is 15.2. The molecule has 3 rings (SSSR count). The summed E-state index contributed by atoms with van der Waals surface area (Å²) in [5.41, 5.74) is 0.180. The molecule has 3 aromatic rings. The van der Waals surface area contributed by atoms with Gasteiger partial charge in [0, 0.05) is 35.4 Å². The lowest BCUT2D eigenvalue weighted by atomic mass is 9.90. The molecule has 0 saturated carbocycles. The Morgan fingerprint density at radius 1 is 0.966 bits per heavy atom. The summed E-state index contributed by atoms with van der Waals surface area (Å²) in [4.78, 5) is 13.7. The van der Waals surface area contributed by atoms with Gasteiger partial charge in [-0.05, 0) is 47.0 Å². The van der Waals surface area contributed by atoms with Crippen molar-refractivity contribution < 1.29 is 18.0 Å². The van der Waals surface area contributed by atoms with E-state index in [0.717, 1.165) is 10.9 Å². The van der Waals surface area contributed by atoms with E-state index < -0.39 is 11.7 Å². The summed E-state index contributed by atoms with van der Waals surface area (Å²) < 4.78 is 43.5. The Labute approximate surface area is 175 Å². The molecule has 0 heterocycles. The molecule has 0 aromatic heterocycles. The maximum atomic E-state index is 14.3. The first-order valence-electron chi connectivity index (χ1n) is 8.87. The van der Waals surface area contributed by atoms with E-state index in [1.165, 1.54) is 6.07 Å². The maximum absolute atomic E-state index is 14.3. The predicted molar refractivity (Wildman–Crippen MR) is 116 cm³/mol. The standard InChI is InChI=1S/C23H19BrF3NO/c1-14-6-4-8-17-16(14)7-5-9-18(17)20(13-29)22(23(25,26)27)19-12-15(24)10-11-21(19)28(2)3/h4-13H,1-3H3/b22-20-. The number of rotatable bonds is 4. The molecule has 0 amide bonds. The Hall–Kier alpha value is -2.60. The number of allylic oxidation sites excluding steroid dienone is 2. The van der Waals surface area contributed by atoms with Crippen LogP contribution >= 0.6 is 15.9 Å². The number of aldehydes is 1. The van der Waals surface area contributed by atoms with Gasteiger partial charge < -0.3 is 4.90 Å². The topological polar surface area (TPSA) is 20.3 Å². The largest absolute Gasteiger partial charge is 0.417 e. The Bertz CT molecular complexity index is 1120. The molecule has 0 aliphatic heterocycles. The van der Waals surface area contributed by atoms with Gasteiger partial charge in [-0.15, -0.1) is 0 Å². The molecule has 29 heavy (non-hydrogen) atoms. The highest BCUT2D eigenvalue weighted by molar-refractivity contribution is 9.10. The highest BCUT2D eigenvalue weighted by atomic mass is 79.9. The van der Waals surface area contributed by atoms with Crippen molar-refractivity contribution in [2.24, 2.45) is 0 Å². The number of aryl methyl sites for hydroxylation is 1. The van der Waals surface area contributed by atoms with Crippen molar-refractivity contribution in [1.29, 1.82) is 0 Å². The molecule has 3 aromatic carbocycles. The first-order valence-corrected chi connectivity index (χ1v) is 9.67. The van der Waals surface area contributed by atoms with E-state index in [0.29, 0.717) is 21.8 Å². The van der Waals surface area contributed by atoms with Gasteiger partial charge in [0.25, 0.3) is 0 Å². The minimum absolute atomic E-state index is 0.0522. The van der Waals surface area contributed by atoms with Crippen molar-refractivity contribution in [2.45, 2.75) is 13.1 Å². The molecule has 6 heteroatoms. The number of carbonyl (C=O) groups excluding carboxylic acids is 1. The van der Waals surface area contributed by atoms with Gasteiger partial charge in [-0.25, -0.2) is 0 Å². The van der Waals surface area contributed by atoms with Crippen LogP contribution in [0.2, 0.25) is 0 Å². The van der Waals surface area contributed by atoms with Crippen LogP contribution in [0.5, 0.6) is 0 Å². The minimum Gasteiger partial charge on any atom is -0.377 e. The van der Waals surface area contributed by atoms with Crippen molar-refractivity contribution >= 4 is 49.8 Å². The summed E-state index contributed by atoms with van der Waals surface area (Å²) in [6.07, 6.45) is -4.42. The normalized spacial score (nSPS) is 12.7. The van der Waals surface area contributed by atoms with Gasteiger partial charge in [0.05, 0.1) is 5.57 Å². The number of halogens is 4. The van der Waals surface area contributed by atoms with Crippen LogP contribution in [-0.4, -0.2) is 26.6 Å². The highest BCUT2D eigenvalue weighted by Crippen LogP contribution is 2.44. The second-order valence-electron chi connectivity index (χ2n) is 6.94. The Morgan fingerprint density at radius 2 is 1.62 bits per heavy atom. The number of fused-ring (bicyclic) bond motifs is 1.